The molecule has 0 saturated heterocycles. The molecule has 0 saturated carbocycles. The maximum atomic E-state index is 13.0. The van der Waals surface area contributed by atoms with Crippen LogP contribution in [0.5, 0.6) is 5.75 Å². The number of carbonyl (C=O) groups excluding carboxylic acids is 1. The Balaban J connectivity index is 1.37. The molecule has 3 aromatic carbocycles. The van der Waals surface area contributed by atoms with Crippen molar-refractivity contribution in [1.82, 2.24) is 4.98 Å². The zero-order valence-corrected chi connectivity index (χ0v) is 15.4. The molecule has 4 aromatic rings. The van der Waals surface area contributed by atoms with Crippen LogP contribution in [0, 0.1) is 0 Å². The van der Waals surface area contributed by atoms with Crippen molar-refractivity contribution in [2.75, 3.05) is 11.4 Å². The molecule has 1 amide bonds. The molecular formula is C24H20N2O2. The second-order valence-electron chi connectivity index (χ2n) is 7.04. The number of H-pyrrole nitrogens is 1. The lowest BCUT2D eigenvalue weighted by atomic mass is 10.2. The Morgan fingerprint density at radius 1 is 0.964 bits per heavy atom. The lowest BCUT2D eigenvalue weighted by Gasteiger charge is -2.16. The number of aromatic nitrogens is 1. The van der Waals surface area contributed by atoms with Crippen LogP contribution in [0.3, 0.4) is 0 Å². The van der Waals surface area contributed by atoms with Crippen LogP contribution in [-0.4, -0.2) is 17.4 Å². The van der Waals surface area contributed by atoms with Gasteiger partial charge >= 0.3 is 0 Å². The van der Waals surface area contributed by atoms with Gasteiger partial charge in [0, 0.05) is 29.2 Å². The number of nitrogens with zero attached hydrogens (tertiary/aromatic N) is 1. The van der Waals surface area contributed by atoms with Crippen molar-refractivity contribution in [3.63, 3.8) is 0 Å². The summed E-state index contributed by atoms with van der Waals surface area (Å²) in [6.07, 6.45) is 0.902. The number of hydrogen-bond acceptors (Lipinski definition) is 2. The minimum absolute atomic E-state index is 0.00732. The number of fused-ring (bicyclic) bond motifs is 2. The molecule has 2 heterocycles. The average Bonchev–Trinajstić information content (AvgIpc) is 3.36. The Morgan fingerprint density at radius 3 is 2.68 bits per heavy atom. The van der Waals surface area contributed by atoms with Crippen molar-refractivity contribution in [3.8, 4) is 5.75 Å². The van der Waals surface area contributed by atoms with Gasteiger partial charge in [0.1, 0.15) is 18.1 Å². The number of rotatable bonds is 4. The second kappa shape index (κ2) is 6.89. The van der Waals surface area contributed by atoms with Crippen LogP contribution in [0.15, 0.2) is 78.9 Å². The molecule has 0 radical (unpaired) electrons. The first kappa shape index (κ1) is 16.6. The van der Waals surface area contributed by atoms with Crippen LogP contribution in [0.25, 0.3) is 10.9 Å². The van der Waals surface area contributed by atoms with Crippen LogP contribution in [0.2, 0.25) is 0 Å². The van der Waals surface area contributed by atoms with Gasteiger partial charge in [-0.1, -0.05) is 48.5 Å². The van der Waals surface area contributed by atoms with Gasteiger partial charge in [0.25, 0.3) is 5.91 Å². The SMILES string of the molecule is O=C(c1cc2ccc(OCc3ccccc3)cc2[nH]1)N1CCc2ccccc21. The first-order chi connectivity index (χ1) is 13.8. The van der Waals surface area contributed by atoms with E-state index in [2.05, 4.69) is 11.1 Å². The summed E-state index contributed by atoms with van der Waals surface area (Å²) in [6, 6.07) is 26.0. The highest BCUT2D eigenvalue weighted by Crippen LogP contribution is 2.30. The topological polar surface area (TPSA) is 45.3 Å². The standard InChI is InChI=1S/C24H20N2O2/c27-24(26-13-12-18-8-4-5-9-23(18)26)22-14-19-10-11-20(15-21(19)25-22)28-16-17-6-2-1-3-7-17/h1-11,14-15,25H,12-13,16H2. The van der Waals surface area contributed by atoms with Crippen LogP contribution >= 0.6 is 0 Å². The van der Waals surface area contributed by atoms with Crippen LogP contribution in [0.1, 0.15) is 21.6 Å². The van der Waals surface area contributed by atoms with Crippen LogP contribution in [-0.2, 0) is 13.0 Å². The van der Waals surface area contributed by atoms with Gasteiger partial charge < -0.3 is 14.6 Å². The molecule has 0 bridgehead atoms. The Kier molecular flexibility index (Phi) is 4.09. The molecule has 0 spiro atoms. The van der Waals surface area contributed by atoms with Gasteiger partial charge in [-0.2, -0.15) is 0 Å². The van der Waals surface area contributed by atoms with E-state index in [1.54, 1.807) is 0 Å². The average molecular weight is 368 g/mol. The fraction of sp³-hybridized carbons (Fsp3) is 0.125. The predicted octanol–water partition coefficient (Wildman–Crippen LogP) is 4.95. The third-order valence-electron chi connectivity index (χ3n) is 5.20. The van der Waals surface area contributed by atoms with Gasteiger partial charge in [0.05, 0.1) is 0 Å². The van der Waals surface area contributed by atoms with Gasteiger partial charge in [-0.15, -0.1) is 0 Å². The summed E-state index contributed by atoms with van der Waals surface area (Å²) in [4.78, 5) is 18.2. The fourth-order valence-corrected chi connectivity index (χ4v) is 3.75. The maximum Gasteiger partial charge on any atom is 0.274 e. The molecule has 0 fully saturated rings. The van der Waals surface area contributed by atoms with Gasteiger partial charge in [0.2, 0.25) is 0 Å². The Morgan fingerprint density at radius 2 is 1.79 bits per heavy atom. The van der Waals surface area contributed by atoms with Crippen molar-refractivity contribution in [1.29, 1.82) is 0 Å². The van der Waals surface area contributed by atoms with Gasteiger partial charge in [0.15, 0.2) is 0 Å². The number of aromatic amines is 1. The number of hydrogen-bond donors (Lipinski definition) is 1. The Bertz CT molecular complexity index is 1150. The molecule has 1 aliphatic rings. The van der Waals surface area contributed by atoms with Crippen LogP contribution in [0.4, 0.5) is 5.69 Å². The lowest BCUT2D eigenvalue weighted by Crippen LogP contribution is -2.29. The van der Waals surface area contributed by atoms with E-state index in [4.69, 9.17) is 4.74 Å². The number of para-hydroxylation sites is 1. The van der Waals surface area contributed by atoms with Crippen molar-refractivity contribution < 1.29 is 9.53 Å². The molecule has 4 heteroatoms. The zero-order chi connectivity index (χ0) is 18.9. The highest BCUT2D eigenvalue weighted by Gasteiger charge is 2.26. The largest absolute Gasteiger partial charge is 0.489 e. The molecule has 138 valence electrons. The summed E-state index contributed by atoms with van der Waals surface area (Å²) in [7, 11) is 0. The summed E-state index contributed by atoms with van der Waals surface area (Å²) in [6.45, 7) is 1.24. The summed E-state index contributed by atoms with van der Waals surface area (Å²) in [5.74, 6) is 0.789. The fourth-order valence-electron chi connectivity index (χ4n) is 3.75. The highest BCUT2D eigenvalue weighted by molar-refractivity contribution is 6.08. The predicted molar refractivity (Wildman–Crippen MR) is 111 cm³/mol. The number of ether oxygens (including phenoxy) is 1. The maximum absolute atomic E-state index is 13.0. The summed E-state index contributed by atoms with van der Waals surface area (Å²) in [5, 5.41) is 1.00. The van der Waals surface area contributed by atoms with Crippen molar-refractivity contribution in [2.24, 2.45) is 0 Å². The van der Waals surface area contributed by atoms with E-state index in [9.17, 15) is 4.79 Å². The van der Waals surface area contributed by atoms with Gasteiger partial charge in [-0.25, -0.2) is 0 Å². The monoisotopic (exact) mass is 368 g/mol. The smallest absolute Gasteiger partial charge is 0.274 e. The number of carbonyl (C=O) groups is 1. The number of benzene rings is 3. The van der Waals surface area contributed by atoms with Crippen molar-refractivity contribution in [2.45, 2.75) is 13.0 Å². The highest BCUT2D eigenvalue weighted by atomic mass is 16.5. The molecule has 4 nitrogen and oxygen atoms in total. The third kappa shape index (κ3) is 3.03. The minimum Gasteiger partial charge on any atom is -0.489 e. The Hall–Kier alpha value is -3.53. The number of anilines is 1. The van der Waals surface area contributed by atoms with E-state index in [1.165, 1.54) is 5.56 Å². The quantitative estimate of drug-likeness (QED) is 0.554. The minimum atomic E-state index is 0.00732. The molecule has 0 aliphatic carbocycles. The van der Waals surface area contributed by atoms with E-state index in [1.807, 2.05) is 77.7 Å². The Labute approximate surface area is 163 Å². The summed E-state index contributed by atoms with van der Waals surface area (Å²) >= 11 is 0. The molecule has 5 rings (SSSR count). The van der Waals surface area contributed by atoms with E-state index in [0.717, 1.165) is 40.9 Å². The molecule has 0 atom stereocenters. The lowest BCUT2D eigenvalue weighted by molar-refractivity contribution is 0.0985. The molecule has 28 heavy (non-hydrogen) atoms. The molecule has 1 aromatic heterocycles. The normalized spacial score (nSPS) is 12.9. The summed E-state index contributed by atoms with van der Waals surface area (Å²) < 4.78 is 5.90. The first-order valence-electron chi connectivity index (χ1n) is 9.47. The van der Waals surface area contributed by atoms with Crippen molar-refractivity contribution in [3.05, 3.63) is 95.7 Å². The zero-order valence-electron chi connectivity index (χ0n) is 15.4. The molecule has 0 unspecified atom stereocenters. The number of nitrogens with one attached hydrogen (secondary N) is 1. The summed E-state index contributed by atoms with van der Waals surface area (Å²) in [5.41, 5.74) is 4.87. The van der Waals surface area contributed by atoms with Crippen LogP contribution < -0.4 is 9.64 Å². The van der Waals surface area contributed by atoms with E-state index >= 15 is 0 Å². The third-order valence-corrected chi connectivity index (χ3v) is 5.20. The van der Waals surface area contributed by atoms with Gasteiger partial charge in [-0.3, -0.25) is 4.79 Å². The first-order valence-corrected chi connectivity index (χ1v) is 9.47. The molecule has 1 aliphatic heterocycles. The molecular weight excluding hydrogens is 348 g/mol. The number of amides is 1. The molecule has 1 N–H and O–H groups in total. The van der Waals surface area contributed by atoms with E-state index in [-0.39, 0.29) is 5.91 Å². The van der Waals surface area contributed by atoms with Gasteiger partial charge in [-0.05, 0) is 41.8 Å². The van der Waals surface area contributed by atoms with Crippen molar-refractivity contribution >= 4 is 22.5 Å². The van der Waals surface area contributed by atoms with E-state index < -0.39 is 0 Å². The second-order valence-corrected chi connectivity index (χ2v) is 7.04. The van der Waals surface area contributed by atoms with E-state index in [0.29, 0.717) is 12.3 Å².